The zero-order chi connectivity index (χ0) is 18.3. The molecule has 1 heterocycles. The van der Waals surface area contributed by atoms with E-state index >= 15 is 0 Å². The topological polar surface area (TPSA) is 35.0 Å². The summed E-state index contributed by atoms with van der Waals surface area (Å²) in [5.74, 6) is 1.81. The summed E-state index contributed by atoms with van der Waals surface area (Å²) in [6.45, 7) is 7.33. The summed E-state index contributed by atoms with van der Waals surface area (Å²) < 4.78 is 6.08. The maximum atomic E-state index is 6.36. The van der Waals surface area contributed by atoms with Crippen LogP contribution in [-0.4, -0.2) is 16.8 Å². The van der Waals surface area contributed by atoms with Crippen molar-refractivity contribution in [2.24, 2.45) is 0 Å². The van der Waals surface area contributed by atoms with Crippen LogP contribution >= 0.6 is 11.6 Å². The van der Waals surface area contributed by atoms with Crippen LogP contribution < -0.4 is 4.74 Å². The Balaban J connectivity index is 1.46. The van der Waals surface area contributed by atoms with Crippen LogP contribution in [0.1, 0.15) is 80.5 Å². The minimum absolute atomic E-state index is 0.187. The Bertz CT molecular complexity index is 787. The molecule has 1 fully saturated rings. The maximum absolute atomic E-state index is 6.36. The highest BCUT2D eigenvalue weighted by molar-refractivity contribution is 6.30. The summed E-state index contributed by atoms with van der Waals surface area (Å²) in [5.41, 5.74) is 5.29. The van der Waals surface area contributed by atoms with Crippen molar-refractivity contribution in [1.29, 1.82) is 0 Å². The lowest BCUT2D eigenvalue weighted by Gasteiger charge is -2.38. The van der Waals surface area contributed by atoms with Gasteiger partial charge in [0, 0.05) is 17.5 Å². The molecule has 26 heavy (non-hydrogen) atoms. The van der Waals surface area contributed by atoms with Crippen molar-refractivity contribution >= 4 is 11.6 Å². The van der Waals surface area contributed by atoms with Crippen molar-refractivity contribution in [3.8, 4) is 5.88 Å². The van der Waals surface area contributed by atoms with Crippen molar-refractivity contribution in [2.75, 3.05) is 6.61 Å². The van der Waals surface area contributed by atoms with Crippen LogP contribution in [0.2, 0.25) is 5.15 Å². The number of hydrogen-bond acceptors (Lipinski definition) is 3. The Labute approximate surface area is 161 Å². The highest BCUT2D eigenvalue weighted by Gasteiger charge is 2.38. The molecule has 1 aromatic heterocycles. The molecule has 0 radical (unpaired) electrons. The quantitative estimate of drug-likeness (QED) is 0.681. The van der Waals surface area contributed by atoms with Gasteiger partial charge in [-0.05, 0) is 54.1 Å². The summed E-state index contributed by atoms with van der Waals surface area (Å²) in [4.78, 5) is 0. The fraction of sp³-hybridized carbons (Fsp3) is 0.545. The van der Waals surface area contributed by atoms with Crippen LogP contribution in [0, 0.1) is 0 Å². The molecule has 3 aliphatic rings. The summed E-state index contributed by atoms with van der Waals surface area (Å²) >= 11 is 6.36. The second-order valence-corrected chi connectivity index (χ2v) is 9.08. The number of ether oxygens (including phenoxy) is 1. The molecule has 2 bridgehead atoms. The summed E-state index contributed by atoms with van der Waals surface area (Å²) in [6.07, 6.45) is 5.78. The molecule has 1 saturated carbocycles. The number of rotatable bonds is 4. The molecule has 138 valence electrons. The third kappa shape index (κ3) is 3.34. The van der Waals surface area contributed by atoms with Crippen LogP contribution in [0.25, 0.3) is 0 Å². The number of benzene rings is 1. The average molecular weight is 371 g/mol. The predicted octanol–water partition coefficient (Wildman–Crippen LogP) is 5.80. The molecule has 0 spiro atoms. The first-order valence-corrected chi connectivity index (χ1v) is 10.1. The monoisotopic (exact) mass is 370 g/mol. The van der Waals surface area contributed by atoms with Crippen molar-refractivity contribution < 1.29 is 4.74 Å². The van der Waals surface area contributed by atoms with E-state index in [-0.39, 0.29) is 5.41 Å². The summed E-state index contributed by atoms with van der Waals surface area (Å²) in [7, 11) is 0. The van der Waals surface area contributed by atoms with Crippen LogP contribution in [-0.2, 0) is 11.8 Å². The van der Waals surface area contributed by atoms with E-state index in [1.807, 2.05) is 0 Å². The summed E-state index contributed by atoms with van der Waals surface area (Å²) in [6, 6.07) is 8.85. The van der Waals surface area contributed by atoms with E-state index in [0.29, 0.717) is 29.5 Å². The van der Waals surface area contributed by atoms with Gasteiger partial charge in [0.2, 0.25) is 5.88 Å². The van der Waals surface area contributed by atoms with Gasteiger partial charge in [-0.25, -0.2) is 0 Å². The van der Waals surface area contributed by atoms with E-state index < -0.39 is 0 Å². The van der Waals surface area contributed by atoms with Gasteiger partial charge in [-0.2, -0.15) is 0 Å². The molecule has 3 nitrogen and oxygen atoms in total. The maximum Gasteiger partial charge on any atom is 0.237 e. The lowest BCUT2D eigenvalue weighted by Crippen LogP contribution is -2.24. The normalized spacial score (nSPS) is 21.5. The number of aromatic nitrogens is 2. The van der Waals surface area contributed by atoms with Gasteiger partial charge in [-0.3, -0.25) is 0 Å². The first kappa shape index (κ1) is 17.8. The largest absolute Gasteiger partial charge is 0.476 e. The van der Waals surface area contributed by atoms with Gasteiger partial charge in [0.05, 0.1) is 6.61 Å². The smallest absolute Gasteiger partial charge is 0.237 e. The first-order chi connectivity index (χ1) is 12.4. The second-order valence-electron chi connectivity index (χ2n) is 8.72. The molecule has 4 heteroatoms. The van der Waals surface area contributed by atoms with Gasteiger partial charge in [-0.15, -0.1) is 10.2 Å². The molecule has 2 aromatic rings. The molecule has 3 aliphatic carbocycles. The van der Waals surface area contributed by atoms with E-state index in [4.69, 9.17) is 16.3 Å². The van der Waals surface area contributed by atoms with Crippen molar-refractivity contribution in [2.45, 2.75) is 70.1 Å². The zero-order valence-corrected chi connectivity index (χ0v) is 16.6. The Kier molecular flexibility index (Phi) is 4.68. The number of hydrogen-bond donors (Lipinski definition) is 0. The van der Waals surface area contributed by atoms with E-state index in [2.05, 4.69) is 55.2 Å². The highest BCUT2D eigenvalue weighted by atomic mass is 35.5. The Morgan fingerprint density at radius 1 is 0.962 bits per heavy atom. The molecule has 5 rings (SSSR count). The fourth-order valence-electron chi connectivity index (χ4n) is 4.42. The van der Waals surface area contributed by atoms with Gasteiger partial charge in [0.25, 0.3) is 0 Å². The standard InChI is InChI=1S/C22H27ClN2O/c1-22(2,3)17-10-4-14(5-11-17)12-13-26-21-19-16-8-6-15(7-9-16)18(19)20(23)24-25-21/h4-5,10-11,15-16H,6-9,12-13H2,1-3H3. The molecular weight excluding hydrogens is 344 g/mol. The van der Waals surface area contributed by atoms with E-state index in [1.54, 1.807) is 0 Å². The van der Waals surface area contributed by atoms with Gasteiger partial charge >= 0.3 is 0 Å². The lowest BCUT2D eigenvalue weighted by atomic mass is 9.68. The van der Waals surface area contributed by atoms with Crippen LogP contribution in [0.15, 0.2) is 24.3 Å². The zero-order valence-electron chi connectivity index (χ0n) is 15.9. The average Bonchev–Trinajstić information content (AvgIpc) is 2.64. The van der Waals surface area contributed by atoms with Crippen molar-refractivity contribution in [3.05, 3.63) is 51.7 Å². The van der Waals surface area contributed by atoms with Crippen LogP contribution in [0.3, 0.4) is 0 Å². The fourth-order valence-corrected chi connectivity index (χ4v) is 4.71. The van der Waals surface area contributed by atoms with Gasteiger partial charge in [0.15, 0.2) is 5.15 Å². The Morgan fingerprint density at radius 2 is 1.58 bits per heavy atom. The minimum Gasteiger partial charge on any atom is -0.476 e. The molecular formula is C22H27ClN2O. The van der Waals surface area contributed by atoms with E-state index in [0.717, 1.165) is 6.42 Å². The molecule has 1 aromatic carbocycles. The molecule has 0 N–H and O–H groups in total. The van der Waals surface area contributed by atoms with Gasteiger partial charge in [-0.1, -0.05) is 56.6 Å². The Hall–Kier alpha value is -1.61. The van der Waals surface area contributed by atoms with E-state index in [9.17, 15) is 0 Å². The Morgan fingerprint density at radius 3 is 2.19 bits per heavy atom. The third-order valence-electron chi connectivity index (χ3n) is 5.96. The van der Waals surface area contributed by atoms with Crippen LogP contribution in [0.5, 0.6) is 5.88 Å². The highest BCUT2D eigenvalue weighted by Crippen LogP contribution is 2.53. The van der Waals surface area contributed by atoms with Gasteiger partial charge in [0.1, 0.15) is 0 Å². The number of nitrogens with zero attached hydrogens (tertiary/aromatic N) is 2. The van der Waals surface area contributed by atoms with E-state index in [1.165, 1.54) is 47.9 Å². The number of halogens is 1. The SMILES string of the molecule is CC(C)(C)c1ccc(CCOc2nnc(Cl)c3c2C2CCC3CC2)cc1. The second kappa shape index (κ2) is 6.84. The molecule has 0 unspecified atom stereocenters. The van der Waals surface area contributed by atoms with Crippen LogP contribution in [0.4, 0.5) is 0 Å². The first-order valence-electron chi connectivity index (χ1n) is 9.71. The lowest BCUT2D eigenvalue weighted by molar-refractivity contribution is 0.281. The third-order valence-corrected chi connectivity index (χ3v) is 6.24. The molecule has 0 aliphatic heterocycles. The van der Waals surface area contributed by atoms with Gasteiger partial charge < -0.3 is 4.74 Å². The molecule has 0 amide bonds. The van der Waals surface area contributed by atoms with Crippen molar-refractivity contribution in [3.63, 3.8) is 0 Å². The molecule has 0 saturated heterocycles. The number of fused-ring (bicyclic) bond motifs is 2. The summed E-state index contributed by atoms with van der Waals surface area (Å²) in [5, 5.41) is 9.03. The van der Waals surface area contributed by atoms with Crippen molar-refractivity contribution in [1.82, 2.24) is 10.2 Å². The molecule has 0 atom stereocenters. The predicted molar refractivity (Wildman–Crippen MR) is 105 cm³/mol. The minimum atomic E-state index is 0.187.